The van der Waals surface area contributed by atoms with E-state index in [1.807, 2.05) is 0 Å². The Bertz CT molecular complexity index is 148. The third-order valence-corrected chi connectivity index (χ3v) is 1.86. The van der Waals surface area contributed by atoms with E-state index in [4.69, 9.17) is 15.6 Å². The predicted molar refractivity (Wildman–Crippen MR) is 46.5 cm³/mol. The van der Waals surface area contributed by atoms with Crippen LogP contribution in [0.15, 0.2) is 0 Å². The van der Waals surface area contributed by atoms with E-state index in [9.17, 15) is 4.79 Å². The first kappa shape index (κ1) is 11.7. The number of rotatable bonds is 3. The van der Waals surface area contributed by atoms with Crippen molar-refractivity contribution in [2.75, 3.05) is 6.61 Å². The molecule has 0 unspecified atom stereocenters. The Kier molecular flexibility index (Phi) is 5.20. The fourth-order valence-corrected chi connectivity index (χ4v) is 1.21. The molecule has 2 atom stereocenters. The minimum atomic E-state index is -0.944. The van der Waals surface area contributed by atoms with E-state index in [0.29, 0.717) is 6.42 Å². The van der Waals surface area contributed by atoms with E-state index in [0.717, 1.165) is 19.4 Å². The molecule has 1 aliphatic heterocycles. The maximum Gasteiger partial charge on any atom is 0.320 e. The second-order valence-electron chi connectivity index (χ2n) is 2.82. The van der Waals surface area contributed by atoms with Gasteiger partial charge in [0.15, 0.2) is 0 Å². The molecule has 1 fully saturated rings. The van der Waals surface area contributed by atoms with Crippen LogP contribution < -0.4 is 5.73 Å². The Hall–Kier alpha value is -0.320. The predicted octanol–water partition coefficient (Wildman–Crippen LogP) is 0.389. The molecule has 1 heterocycles. The van der Waals surface area contributed by atoms with E-state index in [1.165, 1.54) is 0 Å². The van der Waals surface area contributed by atoms with Crippen LogP contribution in [0.1, 0.15) is 19.3 Å². The molecule has 5 heteroatoms. The molecule has 0 saturated carbocycles. The van der Waals surface area contributed by atoms with Crippen molar-refractivity contribution in [2.24, 2.45) is 5.73 Å². The number of hydrogen-bond acceptors (Lipinski definition) is 3. The molecule has 12 heavy (non-hydrogen) atoms. The van der Waals surface area contributed by atoms with Crippen LogP contribution in [0, 0.1) is 0 Å². The summed E-state index contributed by atoms with van der Waals surface area (Å²) >= 11 is 0. The maximum absolute atomic E-state index is 10.3. The zero-order valence-corrected chi connectivity index (χ0v) is 7.55. The minimum Gasteiger partial charge on any atom is -0.480 e. The van der Waals surface area contributed by atoms with Gasteiger partial charge in [0.25, 0.3) is 0 Å². The van der Waals surface area contributed by atoms with Crippen LogP contribution in [0.4, 0.5) is 0 Å². The second kappa shape index (κ2) is 5.35. The molecule has 0 aromatic heterocycles. The molecule has 3 N–H and O–H groups in total. The third kappa shape index (κ3) is 3.38. The van der Waals surface area contributed by atoms with Crippen LogP contribution in [0.5, 0.6) is 0 Å². The first-order chi connectivity index (χ1) is 5.20. The number of carbonyl (C=O) groups is 1. The molecule has 0 aromatic rings. The average molecular weight is 196 g/mol. The summed E-state index contributed by atoms with van der Waals surface area (Å²) in [4.78, 5) is 10.3. The van der Waals surface area contributed by atoms with Gasteiger partial charge < -0.3 is 15.6 Å². The van der Waals surface area contributed by atoms with Gasteiger partial charge in [-0.05, 0) is 19.3 Å². The van der Waals surface area contributed by atoms with E-state index in [1.54, 1.807) is 0 Å². The Morgan fingerprint density at radius 1 is 1.75 bits per heavy atom. The van der Waals surface area contributed by atoms with Crippen LogP contribution in [-0.4, -0.2) is 29.8 Å². The van der Waals surface area contributed by atoms with Gasteiger partial charge in [-0.25, -0.2) is 0 Å². The molecule has 1 saturated heterocycles. The standard InChI is InChI=1S/C7H13NO3.ClH/c8-6(7(9)10)4-5-2-1-3-11-5;/h5-6H,1-4,8H2,(H,9,10);1H/t5-,6-;/m0./s1. The Balaban J connectivity index is 0.00000121. The van der Waals surface area contributed by atoms with Crippen LogP contribution >= 0.6 is 12.4 Å². The minimum absolute atomic E-state index is 0. The molecular weight excluding hydrogens is 182 g/mol. The summed E-state index contributed by atoms with van der Waals surface area (Å²) in [5, 5.41) is 8.46. The number of ether oxygens (including phenoxy) is 1. The zero-order valence-electron chi connectivity index (χ0n) is 6.73. The van der Waals surface area contributed by atoms with Gasteiger partial charge >= 0.3 is 5.97 Å². The molecule has 0 aromatic carbocycles. The normalized spacial score (nSPS) is 24.6. The highest BCUT2D eigenvalue weighted by Crippen LogP contribution is 2.16. The van der Waals surface area contributed by atoms with Gasteiger partial charge in [-0.15, -0.1) is 12.4 Å². The number of nitrogens with two attached hydrogens (primary N) is 1. The van der Waals surface area contributed by atoms with Crippen molar-refractivity contribution in [3.05, 3.63) is 0 Å². The highest BCUT2D eigenvalue weighted by atomic mass is 35.5. The Morgan fingerprint density at radius 3 is 2.83 bits per heavy atom. The average Bonchev–Trinajstić information content (AvgIpc) is 2.39. The van der Waals surface area contributed by atoms with Crippen LogP contribution in [0.3, 0.4) is 0 Å². The summed E-state index contributed by atoms with van der Waals surface area (Å²) < 4.78 is 5.23. The van der Waals surface area contributed by atoms with Crippen molar-refractivity contribution < 1.29 is 14.6 Å². The lowest BCUT2D eigenvalue weighted by Gasteiger charge is -2.11. The summed E-state index contributed by atoms with van der Waals surface area (Å²) in [5.74, 6) is -0.944. The fourth-order valence-electron chi connectivity index (χ4n) is 1.21. The highest BCUT2D eigenvalue weighted by molar-refractivity contribution is 5.85. The Morgan fingerprint density at radius 2 is 2.42 bits per heavy atom. The molecule has 0 aliphatic carbocycles. The smallest absolute Gasteiger partial charge is 0.320 e. The topological polar surface area (TPSA) is 72.5 Å². The largest absolute Gasteiger partial charge is 0.480 e. The van der Waals surface area contributed by atoms with E-state index in [2.05, 4.69) is 0 Å². The third-order valence-electron chi connectivity index (χ3n) is 1.86. The number of hydrogen-bond donors (Lipinski definition) is 2. The van der Waals surface area contributed by atoms with Gasteiger partial charge in [0.1, 0.15) is 6.04 Å². The number of carboxylic acid groups (broad SMARTS) is 1. The van der Waals surface area contributed by atoms with E-state index >= 15 is 0 Å². The molecule has 0 bridgehead atoms. The van der Waals surface area contributed by atoms with Crippen molar-refractivity contribution in [1.82, 2.24) is 0 Å². The lowest BCUT2D eigenvalue weighted by atomic mass is 10.1. The summed E-state index contributed by atoms with van der Waals surface area (Å²) in [6.45, 7) is 0.747. The van der Waals surface area contributed by atoms with Crippen molar-refractivity contribution in [3.63, 3.8) is 0 Å². The lowest BCUT2D eigenvalue weighted by Crippen LogP contribution is -2.33. The number of halogens is 1. The van der Waals surface area contributed by atoms with Gasteiger partial charge in [0.05, 0.1) is 6.10 Å². The van der Waals surface area contributed by atoms with Gasteiger partial charge in [0.2, 0.25) is 0 Å². The number of aliphatic carboxylic acids is 1. The highest BCUT2D eigenvalue weighted by Gasteiger charge is 2.21. The molecule has 4 nitrogen and oxygen atoms in total. The lowest BCUT2D eigenvalue weighted by molar-refractivity contribution is -0.139. The second-order valence-corrected chi connectivity index (χ2v) is 2.82. The summed E-state index contributed by atoms with van der Waals surface area (Å²) in [6.07, 6.45) is 2.48. The van der Waals surface area contributed by atoms with Gasteiger partial charge in [0, 0.05) is 6.61 Å². The molecular formula is C7H14ClNO3. The van der Waals surface area contributed by atoms with E-state index in [-0.39, 0.29) is 18.5 Å². The van der Waals surface area contributed by atoms with Crippen LogP contribution in [0.2, 0.25) is 0 Å². The van der Waals surface area contributed by atoms with Crippen molar-refractivity contribution >= 4 is 18.4 Å². The summed E-state index contributed by atoms with van der Waals surface area (Å²) in [6, 6.07) is -0.766. The molecule has 0 amide bonds. The summed E-state index contributed by atoms with van der Waals surface area (Å²) in [5.41, 5.74) is 5.32. The number of carboxylic acids is 1. The first-order valence-electron chi connectivity index (χ1n) is 3.80. The quantitative estimate of drug-likeness (QED) is 0.684. The Labute approximate surface area is 77.5 Å². The molecule has 1 rings (SSSR count). The molecule has 1 aliphatic rings. The SMILES string of the molecule is Cl.N[C@@H](C[C@@H]1CCCO1)C(=O)O. The van der Waals surface area contributed by atoms with Gasteiger partial charge in [-0.2, -0.15) is 0 Å². The van der Waals surface area contributed by atoms with E-state index < -0.39 is 12.0 Å². The fraction of sp³-hybridized carbons (Fsp3) is 0.857. The van der Waals surface area contributed by atoms with Gasteiger partial charge in [-0.1, -0.05) is 0 Å². The molecule has 72 valence electrons. The van der Waals surface area contributed by atoms with Crippen molar-refractivity contribution in [2.45, 2.75) is 31.4 Å². The summed E-state index contributed by atoms with van der Waals surface area (Å²) in [7, 11) is 0. The maximum atomic E-state index is 10.3. The molecule has 0 spiro atoms. The molecule has 0 radical (unpaired) electrons. The van der Waals surface area contributed by atoms with Gasteiger partial charge in [-0.3, -0.25) is 4.79 Å². The van der Waals surface area contributed by atoms with Crippen LogP contribution in [-0.2, 0) is 9.53 Å². The van der Waals surface area contributed by atoms with Crippen molar-refractivity contribution in [1.29, 1.82) is 0 Å². The monoisotopic (exact) mass is 195 g/mol. The van der Waals surface area contributed by atoms with Crippen molar-refractivity contribution in [3.8, 4) is 0 Å². The zero-order chi connectivity index (χ0) is 8.27. The van der Waals surface area contributed by atoms with Crippen LogP contribution in [0.25, 0.3) is 0 Å². The first-order valence-corrected chi connectivity index (χ1v) is 3.80.